The second-order valence-electron chi connectivity index (χ2n) is 6.21. The molecule has 0 fully saturated rings. The van der Waals surface area contributed by atoms with Gasteiger partial charge in [-0.2, -0.15) is 0 Å². The van der Waals surface area contributed by atoms with E-state index >= 15 is 0 Å². The molecule has 4 rings (SSSR count). The summed E-state index contributed by atoms with van der Waals surface area (Å²) in [5.41, 5.74) is 2.09. The van der Waals surface area contributed by atoms with Crippen molar-refractivity contribution in [1.29, 1.82) is 0 Å². The van der Waals surface area contributed by atoms with Gasteiger partial charge in [0, 0.05) is 29.9 Å². The zero-order chi connectivity index (χ0) is 19.3. The van der Waals surface area contributed by atoms with Gasteiger partial charge < -0.3 is 14.8 Å². The summed E-state index contributed by atoms with van der Waals surface area (Å²) in [4.78, 5) is 16.7. The quantitative estimate of drug-likeness (QED) is 0.728. The molecule has 0 aliphatic carbocycles. The molecule has 1 aliphatic rings. The number of amides is 1. The van der Waals surface area contributed by atoms with Gasteiger partial charge in [0.2, 0.25) is 5.88 Å². The average Bonchev–Trinajstić information content (AvgIpc) is 2.72. The summed E-state index contributed by atoms with van der Waals surface area (Å²) in [6, 6.07) is 16.9. The number of para-hydroxylation sites is 1. The highest BCUT2D eigenvalue weighted by atomic mass is 19.1. The van der Waals surface area contributed by atoms with E-state index in [2.05, 4.69) is 10.3 Å². The van der Waals surface area contributed by atoms with Crippen LogP contribution < -0.4 is 14.8 Å². The van der Waals surface area contributed by atoms with Gasteiger partial charge >= 0.3 is 0 Å². The fraction of sp³-hybridized carbons (Fsp3) is 0.0909. The first-order valence-electron chi connectivity index (χ1n) is 8.77. The summed E-state index contributed by atoms with van der Waals surface area (Å²) in [5, 5.41) is 2.86. The van der Waals surface area contributed by atoms with Gasteiger partial charge in [-0.15, -0.1) is 0 Å². The molecule has 2 heterocycles. The van der Waals surface area contributed by atoms with E-state index in [1.54, 1.807) is 30.5 Å². The van der Waals surface area contributed by atoms with E-state index in [0.717, 1.165) is 11.3 Å². The SMILES string of the molecule is O=C(NCc1cccnc1Oc1cccc(F)c1)C1=Cc2ccccc2OC1. The maximum atomic E-state index is 13.4. The Balaban J connectivity index is 1.45. The Morgan fingerprint density at radius 2 is 2.04 bits per heavy atom. The van der Waals surface area contributed by atoms with Gasteiger partial charge in [0.05, 0.1) is 5.57 Å². The van der Waals surface area contributed by atoms with E-state index < -0.39 is 5.82 Å². The van der Waals surface area contributed by atoms with Crippen LogP contribution in [0.2, 0.25) is 0 Å². The Morgan fingerprint density at radius 1 is 1.14 bits per heavy atom. The van der Waals surface area contributed by atoms with Gasteiger partial charge in [-0.25, -0.2) is 9.37 Å². The highest BCUT2D eigenvalue weighted by Gasteiger charge is 2.17. The van der Waals surface area contributed by atoms with Gasteiger partial charge in [0.1, 0.15) is 23.9 Å². The largest absolute Gasteiger partial charge is 0.488 e. The number of rotatable bonds is 5. The van der Waals surface area contributed by atoms with Gasteiger partial charge in [-0.1, -0.05) is 30.3 Å². The van der Waals surface area contributed by atoms with Crippen molar-refractivity contribution in [2.45, 2.75) is 6.54 Å². The smallest absolute Gasteiger partial charge is 0.250 e. The zero-order valence-corrected chi connectivity index (χ0v) is 14.9. The number of benzene rings is 2. The summed E-state index contributed by atoms with van der Waals surface area (Å²) in [7, 11) is 0. The number of carbonyl (C=O) groups is 1. The van der Waals surface area contributed by atoms with Crippen molar-refractivity contribution in [2.75, 3.05) is 6.61 Å². The molecule has 0 unspecified atom stereocenters. The molecule has 1 aliphatic heterocycles. The second kappa shape index (κ2) is 7.92. The van der Waals surface area contributed by atoms with E-state index in [1.807, 2.05) is 30.3 Å². The number of nitrogens with one attached hydrogen (secondary N) is 1. The molecule has 1 aromatic heterocycles. The Morgan fingerprint density at radius 3 is 2.93 bits per heavy atom. The zero-order valence-electron chi connectivity index (χ0n) is 14.9. The fourth-order valence-corrected chi connectivity index (χ4v) is 2.83. The van der Waals surface area contributed by atoms with E-state index in [9.17, 15) is 9.18 Å². The third-order valence-electron chi connectivity index (χ3n) is 4.22. The minimum absolute atomic E-state index is 0.211. The molecule has 0 radical (unpaired) electrons. The lowest BCUT2D eigenvalue weighted by molar-refractivity contribution is -0.117. The molecule has 1 amide bonds. The van der Waals surface area contributed by atoms with Crippen LogP contribution in [0.5, 0.6) is 17.4 Å². The minimum atomic E-state index is -0.396. The molecule has 6 heteroatoms. The third-order valence-corrected chi connectivity index (χ3v) is 4.22. The number of pyridine rings is 1. The van der Waals surface area contributed by atoms with E-state index in [0.29, 0.717) is 22.8 Å². The van der Waals surface area contributed by atoms with E-state index in [4.69, 9.17) is 9.47 Å². The standard InChI is InChI=1S/C22H17FN2O3/c23-18-7-3-8-19(12-18)28-22-16(6-4-10-24-22)13-25-21(26)17-11-15-5-1-2-9-20(15)27-14-17/h1-12H,13-14H2,(H,25,26). The Labute approximate surface area is 161 Å². The Hall–Kier alpha value is -3.67. The minimum Gasteiger partial charge on any atom is -0.488 e. The molecule has 5 nitrogen and oxygen atoms in total. The van der Waals surface area contributed by atoms with Crippen LogP contribution in [0.1, 0.15) is 11.1 Å². The summed E-state index contributed by atoms with van der Waals surface area (Å²) in [6.07, 6.45) is 3.40. The molecule has 0 bridgehead atoms. The van der Waals surface area contributed by atoms with Gasteiger partial charge in [-0.3, -0.25) is 4.79 Å². The first-order chi connectivity index (χ1) is 13.7. The molecule has 0 atom stereocenters. The lowest BCUT2D eigenvalue weighted by Crippen LogP contribution is -2.28. The van der Waals surface area contributed by atoms with Crippen LogP contribution in [-0.2, 0) is 11.3 Å². The van der Waals surface area contributed by atoms with Crippen molar-refractivity contribution in [3.63, 3.8) is 0 Å². The van der Waals surface area contributed by atoms with Crippen molar-refractivity contribution in [1.82, 2.24) is 10.3 Å². The lowest BCUT2D eigenvalue weighted by atomic mass is 10.1. The number of nitrogens with zero attached hydrogens (tertiary/aromatic N) is 1. The van der Waals surface area contributed by atoms with Crippen molar-refractivity contribution in [3.05, 3.63) is 89.4 Å². The number of aromatic nitrogens is 1. The van der Waals surface area contributed by atoms with Crippen molar-refractivity contribution < 1.29 is 18.7 Å². The molecule has 1 N–H and O–H groups in total. The van der Waals surface area contributed by atoms with Crippen LogP contribution >= 0.6 is 0 Å². The predicted octanol–water partition coefficient (Wildman–Crippen LogP) is 4.11. The normalized spacial score (nSPS) is 12.4. The molecule has 0 saturated heterocycles. The van der Waals surface area contributed by atoms with Gasteiger partial charge in [-0.05, 0) is 30.3 Å². The molecule has 0 saturated carbocycles. The summed E-state index contributed by atoms with van der Waals surface area (Å²) < 4.78 is 24.7. The van der Waals surface area contributed by atoms with Gasteiger partial charge in [0.15, 0.2) is 0 Å². The first kappa shape index (κ1) is 17.7. The summed E-state index contributed by atoms with van der Waals surface area (Å²) >= 11 is 0. The maximum Gasteiger partial charge on any atom is 0.250 e. The highest BCUT2D eigenvalue weighted by molar-refractivity contribution is 5.99. The number of halogens is 1. The third kappa shape index (κ3) is 4.01. The number of ether oxygens (including phenoxy) is 2. The first-order valence-corrected chi connectivity index (χ1v) is 8.77. The molecule has 2 aromatic carbocycles. The molecule has 3 aromatic rings. The van der Waals surface area contributed by atoms with Crippen molar-refractivity contribution in [2.24, 2.45) is 0 Å². The number of carbonyl (C=O) groups excluding carboxylic acids is 1. The topological polar surface area (TPSA) is 60.5 Å². The van der Waals surface area contributed by atoms with E-state index in [1.165, 1.54) is 12.1 Å². The second-order valence-corrected chi connectivity index (χ2v) is 6.21. The molecule has 28 heavy (non-hydrogen) atoms. The summed E-state index contributed by atoms with van der Waals surface area (Å²) in [5.74, 6) is 0.791. The number of fused-ring (bicyclic) bond motifs is 1. The van der Waals surface area contributed by atoms with Crippen LogP contribution in [0.25, 0.3) is 6.08 Å². The maximum absolute atomic E-state index is 13.4. The fourth-order valence-electron chi connectivity index (χ4n) is 2.83. The van der Waals surface area contributed by atoms with Crippen LogP contribution in [-0.4, -0.2) is 17.5 Å². The number of hydrogen-bond donors (Lipinski definition) is 1. The van der Waals surface area contributed by atoms with Crippen molar-refractivity contribution >= 4 is 12.0 Å². The molecule has 0 spiro atoms. The number of hydrogen-bond acceptors (Lipinski definition) is 4. The van der Waals surface area contributed by atoms with E-state index in [-0.39, 0.29) is 19.1 Å². The van der Waals surface area contributed by atoms with Gasteiger partial charge in [0.25, 0.3) is 5.91 Å². The van der Waals surface area contributed by atoms with Crippen LogP contribution in [0, 0.1) is 5.82 Å². The molecule has 140 valence electrons. The predicted molar refractivity (Wildman–Crippen MR) is 102 cm³/mol. The lowest BCUT2D eigenvalue weighted by Gasteiger charge is -2.17. The van der Waals surface area contributed by atoms with Crippen LogP contribution in [0.3, 0.4) is 0 Å². The Bertz CT molecular complexity index is 1050. The van der Waals surface area contributed by atoms with Crippen LogP contribution in [0.15, 0.2) is 72.4 Å². The monoisotopic (exact) mass is 376 g/mol. The highest BCUT2D eigenvalue weighted by Crippen LogP contribution is 2.26. The summed E-state index contributed by atoms with van der Waals surface area (Å²) in [6.45, 7) is 0.429. The molecular formula is C22H17FN2O3. The van der Waals surface area contributed by atoms with Crippen molar-refractivity contribution in [3.8, 4) is 17.4 Å². The van der Waals surface area contributed by atoms with Crippen LogP contribution in [0.4, 0.5) is 4.39 Å². The Kier molecular flexibility index (Phi) is 5.01. The average molecular weight is 376 g/mol. The molecular weight excluding hydrogens is 359 g/mol.